The van der Waals surface area contributed by atoms with Gasteiger partial charge in [-0.05, 0) is 42.8 Å². The first-order valence-electron chi connectivity index (χ1n) is 8.18. The van der Waals surface area contributed by atoms with Crippen molar-refractivity contribution in [2.75, 3.05) is 11.9 Å². The third-order valence-corrected chi connectivity index (χ3v) is 3.89. The number of benzene rings is 2. The maximum Gasteiger partial charge on any atom is 0.302 e. The number of nitrogens with zero attached hydrogens (tertiary/aromatic N) is 2. The number of aromatic nitrogens is 2. The lowest BCUT2D eigenvalue weighted by Gasteiger charge is -2.12. The fourth-order valence-corrected chi connectivity index (χ4v) is 2.58. The molecule has 1 unspecified atom stereocenters. The molecule has 1 amide bonds. The largest absolute Gasteiger partial charge is 0.464 e. The molecule has 2 aromatic carbocycles. The summed E-state index contributed by atoms with van der Waals surface area (Å²) in [5, 5.41) is 8.13. The van der Waals surface area contributed by atoms with Crippen molar-refractivity contribution in [3.63, 3.8) is 0 Å². The van der Waals surface area contributed by atoms with Gasteiger partial charge in [-0.25, -0.2) is 4.68 Å². The normalized spacial score (nSPS) is 11.5. The predicted molar refractivity (Wildman–Crippen MR) is 106 cm³/mol. The second kappa shape index (κ2) is 8.66. The topological polar surface area (TPSA) is 99.2 Å². The van der Waals surface area contributed by atoms with E-state index in [1.54, 1.807) is 12.3 Å². The molecule has 3 rings (SSSR count). The van der Waals surface area contributed by atoms with E-state index in [2.05, 4.69) is 10.4 Å². The summed E-state index contributed by atoms with van der Waals surface area (Å²) in [5.41, 5.74) is 9.26. The Kier molecular flexibility index (Phi) is 6.55. The summed E-state index contributed by atoms with van der Waals surface area (Å²) in [6.45, 7) is 3.13. The van der Waals surface area contributed by atoms with Gasteiger partial charge in [0.2, 0.25) is 5.91 Å². The molecule has 0 aliphatic rings. The van der Waals surface area contributed by atoms with Gasteiger partial charge in [0.05, 0.1) is 17.4 Å². The predicted octanol–water partition coefficient (Wildman–Crippen LogP) is 2.58. The third kappa shape index (κ3) is 4.84. The minimum absolute atomic E-state index is 0. The van der Waals surface area contributed by atoms with Gasteiger partial charge in [-0.15, -0.1) is 12.4 Å². The highest BCUT2D eigenvalue weighted by Gasteiger charge is 2.16. The Morgan fingerprint density at radius 3 is 2.74 bits per heavy atom. The first-order valence-corrected chi connectivity index (χ1v) is 8.18. The Balaban J connectivity index is 0.00000261. The van der Waals surface area contributed by atoms with Gasteiger partial charge < -0.3 is 15.8 Å². The smallest absolute Gasteiger partial charge is 0.302 e. The maximum absolute atomic E-state index is 12.1. The van der Waals surface area contributed by atoms with Crippen LogP contribution in [-0.2, 0) is 14.3 Å². The number of aryl methyl sites for hydroxylation is 1. The van der Waals surface area contributed by atoms with Gasteiger partial charge >= 0.3 is 5.97 Å². The molecule has 0 aliphatic heterocycles. The first kappa shape index (κ1) is 20.4. The van der Waals surface area contributed by atoms with Crippen LogP contribution in [0.4, 0.5) is 5.69 Å². The van der Waals surface area contributed by atoms with Crippen LogP contribution < -0.4 is 11.1 Å². The molecule has 3 N–H and O–H groups in total. The van der Waals surface area contributed by atoms with E-state index in [1.165, 1.54) is 6.92 Å². The summed E-state index contributed by atoms with van der Waals surface area (Å²) < 4.78 is 6.59. The Bertz CT molecular complexity index is 970. The lowest BCUT2D eigenvalue weighted by atomic mass is 10.2. The molecule has 3 aromatic rings. The monoisotopic (exact) mass is 388 g/mol. The molecule has 0 radical (unpaired) electrons. The zero-order valence-electron chi connectivity index (χ0n) is 15.0. The van der Waals surface area contributed by atoms with Crippen LogP contribution in [0.1, 0.15) is 12.5 Å². The number of ether oxygens (including phenoxy) is 1. The molecular formula is C19H21ClN4O3. The van der Waals surface area contributed by atoms with Crippen LogP contribution in [0.25, 0.3) is 16.6 Å². The molecule has 7 nitrogen and oxygen atoms in total. The average molecular weight is 389 g/mol. The molecule has 0 fully saturated rings. The number of hydrogen-bond donors (Lipinski definition) is 2. The summed E-state index contributed by atoms with van der Waals surface area (Å²) in [5.74, 6) is -0.899. The van der Waals surface area contributed by atoms with Crippen LogP contribution in [0.15, 0.2) is 48.7 Å². The van der Waals surface area contributed by atoms with Gasteiger partial charge in [0, 0.05) is 18.0 Å². The van der Waals surface area contributed by atoms with Crippen molar-refractivity contribution in [3.05, 3.63) is 54.2 Å². The number of esters is 1. The van der Waals surface area contributed by atoms with Crippen molar-refractivity contribution >= 4 is 40.9 Å². The maximum atomic E-state index is 12.1. The molecule has 1 atom stereocenters. The van der Waals surface area contributed by atoms with Crippen molar-refractivity contribution < 1.29 is 14.3 Å². The highest BCUT2D eigenvalue weighted by molar-refractivity contribution is 5.97. The first-order chi connectivity index (χ1) is 12.4. The second-order valence-corrected chi connectivity index (χ2v) is 6.07. The number of anilines is 1. The molecule has 0 bridgehead atoms. The third-order valence-electron chi connectivity index (χ3n) is 3.89. The van der Waals surface area contributed by atoms with E-state index in [4.69, 9.17) is 10.5 Å². The summed E-state index contributed by atoms with van der Waals surface area (Å²) in [4.78, 5) is 23.0. The van der Waals surface area contributed by atoms with Gasteiger partial charge in [-0.3, -0.25) is 9.59 Å². The molecule has 0 aliphatic carbocycles. The van der Waals surface area contributed by atoms with Crippen LogP contribution in [0, 0.1) is 6.92 Å². The molecule has 142 valence electrons. The van der Waals surface area contributed by atoms with Gasteiger partial charge in [0.25, 0.3) is 0 Å². The standard InChI is InChI=1S/C19H20N4O3.ClH/c1-12-4-3-5-16(8-12)23-18-9-15(7-6-14(18)10-21-23)22-19(25)17(20)11-26-13(2)24;/h3-10,17H,11,20H2,1-2H3,(H,22,25);1H. The summed E-state index contributed by atoms with van der Waals surface area (Å²) in [6, 6.07) is 12.6. The second-order valence-electron chi connectivity index (χ2n) is 6.07. The van der Waals surface area contributed by atoms with Crippen LogP contribution in [0.5, 0.6) is 0 Å². The molecule has 0 spiro atoms. The van der Waals surface area contributed by atoms with Crippen molar-refractivity contribution in [1.82, 2.24) is 9.78 Å². The van der Waals surface area contributed by atoms with Crippen molar-refractivity contribution in [1.29, 1.82) is 0 Å². The summed E-state index contributed by atoms with van der Waals surface area (Å²) >= 11 is 0. The minimum Gasteiger partial charge on any atom is -0.464 e. The van der Waals surface area contributed by atoms with E-state index in [0.29, 0.717) is 5.69 Å². The summed E-state index contributed by atoms with van der Waals surface area (Å²) in [6.07, 6.45) is 1.77. The van der Waals surface area contributed by atoms with E-state index in [-0.39, 0.29) is 19.0 Å². The van der Waals surface area contributed by atoms with E-state index in [1.807, 2.05) is 48.0 Å². The Morgan fingerprint density at radius 1 is 1.26 bits per heavy atom. The number of hydrogen-bond acceptors (Lipinski definition) is 5. The highest BCUT2D eigenvalue weighted by atomic mass is 35.5. The quantitative estimate of drug-likeness (QED) is 0.654. The Labute approximate surface area is 162 Å². The molecule has 8 heteroatoms. The lowest BCUT2D eigenvalue weighted by molar-refractivity contribution is -0.142. The van der Waals surface area contributed by atoms with Crippen LogP contribution in [0.3, 0.4) is 0 Å². The molecule has 0 saturated heterocycles. The number of fused-ring (bicyclic) bond motifs is 1. The van der Waals surface area contributed by atoms with E-state index in [0.717, 1.165) is 22.2 Å². The number of nitrogens with one attached hydrogen (secondary N) is 1. The van der Waals surface area contributed by atoms with E-state index in [9.17, 15) is 9.59 Å². The SMILES string of the molecule is CC(=O)OCC(N)C(=O)Nc1ccc2cnn(-c3cccc(C)c3)c2c1.Cl. The fourth-order valence-electron chi connectivity index (χ4n) is 2.58. The number of amides is 1. The van der Waals surface area contributed by atoms with Crippen molar-refractivity contribution in [2.45, 2.75) is 19.9 Å². The van der Waals surface area contributed by atoms with E-state index < -0.39 is 17.9 Å². The highest BCUT2D eigenvalue weighted by Crippen LogP contribution is 2.22. The van der Waals surface area contributed by atoms with Crippen molar-refractivity contribution in [2.24, 2.45) is 5.73 Å². The summed E-state index contributed by atoms with van der Waals surface area (Å²) in [7, 11) is 0. The number of halogens is 1. The zero-order chi connectivity index (χ0) is 18.7. The van der Waals surface area contributed by atoms with Crippen LogP contribution in [0.2, 0.25) is 0 Å². The number of nitrogens with two attached hydrogens (primary N) is 1. The zero-order valence-corrected chi connectivity index (χ0v) is 15.8. The lowest BCUT2D eigenvalue weighted by Crippen LogP contribution is -2.39. The average Bonchev–Trinajstić information content (AvgIpc) is 3.02. The fraction of sp³-hybridized carbons (Fsp3) is 0.211. The van der Waals surface area contributed by atoms with Gasteiger partial charge in [0.15, 0.2) is 0 Å². The van der Waals surface area contributed by atoms with Crippen LogP contribution in [-0.4, -0.2) is 34.3 Å². The number of rotatable bonds is 5. The molecule has 0 saturated carbocycles. The van der Waals surface area contributed by atoms with Crippen LogP contribution >= 0.6 is 12.4 Å². The van der Waals surface area contributed by atoms with Gasteiger partial charge in [0.1, 0.15) is 12.6 Å². The molecular weight excluding hydrogens is 368 g/mol. The Morgan fingerprint density at radius 2 is 2.04 bits per heavy atom. The number of carbonyl (C=O) groups excluding carboxylic acids is 2. The van der Waals surface area contributed by atoms with Gasteiger partial charge in [-0.2, -0.15) is 5.10 Å². The van der Waals surface area contributed by atoms with Crippen molar-refractivity contribution in [3.8, 4) is 5.69 Å². The molecule has 1 heterocycles. The number of carbonyl (C=O) groups is 2. The van der Waals surface area contributed by atoms with Gasteiger partial charge in [-0.1, -0.05) is 12.1 Å². The van der Waals surface area contributed by atoms with E-state index >= 15 is 0 Å². The molecule has 1 aromatic heterocycles. The Hall–Kier alpha value is -2.90. The minimum atomic E-state index is -0.934. The molecule has 27 heavy (non-hydrogen) atoms.